The first kappa shape index (κ1) is 16.3. The fourth-order valence-corrected chi connectivity index (χ4v) is 3.97. The molecule has 1 N–H and O–H groups in total. The van der Waals surface area contributed by atoms with Gasteiger partial charge < -0.3 is 4.98 Å². The minimum atomic E-state index is -0.173. The van der Waals surface area contributed by atoms with Crippen molar-refractivity contribution in [1.82, 2.24) is 9.88 Å². The number of aromatic amines is 1. The highest BCUT2D eigenvalue weighted by Gasteiger charge is 2.25. The van der Waals surface area contributed by atoms with Crippen molar-refractivity contribution in [3.8, 4) is 0 Å². The zero-order valence-corrected chi connectivity index (χ0v) is 15.0. The van der Waals surface area contributed by atoms with Crippen LogP contribution in [0, 0.1) is 19.7 Å². The van der Waals surface area contributed by atoms with E-state index in [-0.39, 0.29) is 5.82 Å². The van der Waals surface area contributed by atoms with Crippen molar-refractivity contribution in [3.05, 3.63) is 70.7 Å². The fraction of sp³-hybridized carbons (Fsp3) is 0.364. The SMILES string of the molecule is Cc1ccc(CN2CCCC[C@H]2c2cc3cc(F)ccc3[nH]2)cc1C. The summed E-state index contributed by atoms with van der Waals surface area (Å²) in [7, 11) is 0. The van der Waals surface area contributed by atoms with Crippen molar-refractivity contribution >= 4 is 10.9 Å². The van der Waals surface area contributed by atoms with E-state index in [2.05, 4.69) is 48.0 Å². The molecule has 1 aliphatic heterocycles. The van der Waals surface area contributed by atoms with Crippen LogP contribution in [0.15, 0.2) is 42.5 Å². The largest absolute Gasteiger partial charge is 0.357 e. The molecule has 130 valence electrons. The van der Waals surface area contributed by atoms with Crippen LogP contribution in [0.5, 0.6) is 0 Å². The van der Waals surface area contributed by atoms with Crippen LogP contribution >= 0.6 is 0 Å². The number of piperidine rings is 1. The normalized spacial score (nSPS) is 18.8. The molecule has 4 rings (SSSR count). The number of rotatable bonds is 3. The number of nitrogens with one attached hydrogen (secondary N) is 1. The molecule has 0 amide bonds. The Balaban J connectivity index is 1.62. The zero-order valence-electron chi connectivity index (χ0n) is 15.0. The summed E-state index contributed by atoms with van der Waals surface area (Å²) >= 11 is 0. The summed E-state index contributed by atoms with van der Waals surface area (Å²) in [5, 5.41) is 0.965. The average Bonchev–Trinajstić information content (AvgIpc) is 3.01. The second-order valence-electron chi connectivity index (χ2n) is 7.36. The zero-order chi connectivity index (χ0) is 17.4. The van der Waals surface area contributed by atoms with Crippen LogP contribution in [0.2, 0.25) is 0 Å². The van der Waals surface area contributed by atoms with Crippen molar-refractivity contribution in [2.45, 2.75) is 45.7 Å². The van der Waals surface area contributed by atoms with Crippen LogP contribution in [0.1, 0.15) is 47.7 Å². The molecule has 2 aromatic carbocycles. The van der Waals surface area contributed by atoms with E-state index in [1.165, 1.54) is 41.3 Å². The first-order chi connectivity index (χ1) is 12.1. The molecule has 2 nitrogen and oxygen atoms in total. The van der Waals surface area contributed by atoms with E-state index in [4.69, 9.17) is 0 Å². The second kappa shape index (κ2) is 6.64. The smallest absolute Gasteiger partial charge is 0.123 e. The summed E-state index contributed by atoms with van der Waals surface area (Å²) < 4.78 is 13.5. The van der Waals surface area contributed by atoms with Gasteiger partial charge in [0, 0.05) is 23.1 Å². The molecule has 3 heteroatoms. The second-order valence-corrected chi connectivity index (χ2v) is 7.36. The van der Waals surface area contributed by atoms with E-state index >= 15 is 0 Å². The van der Waals surface area contributed by atoms with Crippen LogP contribution in [0.3, 0.4) is 0 Å². The molecule has 3 aromatic rings. The molecule has 1 fully saturated rings. The van der Waals surface area contributed by atoms with E-state index in [1.54, 1.807) is 6.07 Å². The molecule has 0 radical (unpaired) electrons. The van der Waals surface area contributed by atoms with Crippen molar-refractivity contribution in [3.63, 3.8) is 0 Å². The maximum Gasteiger partial charge on any atom is 0.123 e. The Bertz CT molecular complexity index is 896. The molecule has 2 heterocycles. The lowest BCUT2D eigenvalue weighted by molar-refractivity contribution is 0.138. The molecule has 25 heavy (non-hydrogen) atoms. The quantitative estimate of drug-likeness (QED) is 0.655. The van der Waals surface area contributed by atoms with Gasteiger partial charge in [-0.15, -0.1) is 0 Å². The summed E-state index contributed by atoms with van der Waals surface area (Å²) in [5.74, 6) is -0.173. The van der Waals surface area contributed by atoms with Gasteiger partial charge >= 0.3 is 0 Å². The molecule has 0 unspecified atom stereocenters. The molecule has 1 aromatic heterocycles. The van der Waals surface area contributed by atoms with E-state index < -0.39 is 0 Å². The van der Waals surface area contributed by atoms with Gasteiger partial charge in [0.05, 0.1) is 6.04 Å². The van der Waals surface area contributed by atoms with Gasteiger partial charge in [-0.1, -0.05) is 24.6 Å². The van der Waals surface area contributed by atoms with E-state index in [9.17, 15) is 4.39 Å². The van der Waals surface area contributed by atoms with Crippen molar-refractivity contribution < 1.29 is 4.39 Å². The Hall–Kier alpha value is -2.13. The molecule has 0 spiro atoms. The summed E-state index contributed by atoms with van der Waals surface area (Å²) in [6, 6.07) is 14.3. The fourth-order valence-electron chi connectivity index (χ4n) is 3.97. The van der Waals surface area contributed by atoms with Crippen molar-refractivity contribution in [2.24, 2.45) is 0 Å². The van der Waals surface area contributed by atoms with Gasteiger partial charge in [0.2, 0.25) is 0 Å². The maximum atomic E-state index is 13.5. The number of likely N-dealkylation sites (tertiary alicyclic amines) is 1. The van der Waals surface area contributed by atoms with Crippen LogP contribution in [0.25, 0.3) is 10.9 Å². The summed E-state index contributed by atoms with van der Waals surface area (Å²) in [6.45, 7) is 6.42. The van der Waals surface area contributed by atoms with Gasteiger partial charge in [-0.25, -0.2) is 4.39 Å². The van der Waals surface area contributed by atoms with Gasteiger partial charge in [-0.2, -0.15) is 0 Å². The first-order valence-electron chi connectivity index (χ1n) is 9.18. The predicted octanol–water partition coefficient (Wildman–Crippen LogP) is 5.65. The summed E-state index contributed by atoms with van der Waals surface area (Å²) in [5.41, 5.74) is 6.30. The number of H-pyrrole nitrogens is 1. The number of aromatic nitrogens is 1. The van der Waals surface area contributed by atoms with E-state index in [0.29, 0.717) is 6.04 Å². The summed E-state index contributed by atoms with van der Waals surface area (Å²) in [6.07, 6.45) is 3.65. The van der Waals surface area contributed by atoms with Gasteiger partial charge in [-0.05, 0) is 74.2 Å². The predicted molar refractivity (Wildman–Crippen MR) is 101 cm³/mol. The molecule has 0 saturated carbocycles. The minimum absolute atomic E-state index is 0.173. The molecular formula is C22H25FN2. The number of fused-ring (bicyclic) bond motifs is 1. The number of hydrogen-bond acceptors (Lipinski definition) is 1. The van der Waals surface area contributed by atoms with Gasteiger partial charge in [-0.3, -0.25) is 4.90 Å². The highest BCUT2D eigenvalue weighted by atomic mass is 19.1. The number of aryl methyl sites for hydroxylation is 2. The lowest BCUT2D eigenvalue weighted by Gasteiger charge is -2.35. The molecule has 1 aliphatic rings. The number of halogens is 1. The molecule has 0 aliphatic carbocycles. The Morgan fingerprint density at radius 3 is 2.76 bits per heavy atom. The van der Waals surface area contributed by atoms with E-state index in [0.717, 1.165) is 30.4 Å². The van der Waals surface area contributed by atoms with Gasteiger partial charge in [0.25, 0.3) is 0 Å². The lowest BCUT2D eigenvalue weighted by atomic mass is 9.97. The van der Waals surface area contributed by atoms with Gasteiger partial charge in [0.15, 0.2) is 0 Å². The standard InChI is InChI=1S/C22H25FN2/c1-15-6-7-17(11-16(15)2)14-25-10-4-3-5-22(25)21-13-18-12-19(23)8-9-20(18)24-21/h6-9,11-13,22,24H,3-5,10,14H2,1-2H3/t22-/m0/s1. The van der Waals surface area contributed by atoms with Crippen LogP contribution in [-0.4, -0.2) is 16.4 Å². The molecule has 0 bridgehead atoms. The maximum absolute atomic E-state index is 13.5. The Labute approximate surface area is 148 Å². The number of nitrogens with zero attached hydrogens (tertiary/aromatic N) is 1. The topological polar surface area (TPSA) is 19.0 Å². The molecule has 1 saturated heterocycles. The third kappa shape index (κ3) is 3.34. The Kier molecular flexibility index (Phi) is 4.34. The van der Waals surface area contributed by atoms with Crippen molar-refractivity contribution in [2.75, 3.05) is 6.54 Å². The van der Waals surface area contributed by atoms with Crippen LogP contribution in [-0.2, 0) is 6.54 Å². The van der Waals surface area contributed by atoms with E-state index in [1.807, 2.05) is 6.07 Å². The number of benzene rings is 2. The molecule has 1 atom stereocenters. The Morgan fingerprint density at radius 1 is 1.04 bits per heavy atom. The third-order valence-electron chi connectivity index (χ3n) is 5.53. The first-order valence-corrected chi connectivity index (χ1v) is 9.18. The number of hydrogen-bond donors (Lipinski definition) is 1. The van der Waals surface area contributed by atoms with Crippen LogP contribution < -0.4 is 0 Å². The third-order valence-corrected chi connectivity index (χ3v) is 5.53. The highest BCUT2D eigenvalue weighted by molar-refractivity contribution is 5.80. The van der Waals surface area contributed by atoms with Gasteiger partial charge in [0.1, 0.15) is 5.82 Å². The van der Waals surface area contributed by atoms with Crippen LogP contribution in [0.4, 0.5) is 4.39 Å². The lowest BCUT2D eigenvalue weighted by Crippen LogP contribution is -2.33. The Morgan fingerprint density at radius 2 is 1.92 bits per heavy atom. The molecular weight excluding hydrogens is 311 g/mol. The highest BCUT2D eigenvalue weighted by Crippen LogP contribution is 2.33. The average molecular weight is 336 g/mol. The summed E-state index contributed by atoms with van der Waals surface area (Å²) in [4.78, 5) is 6.08. The monoisotopic (exact) mass is 336 g/mol. The minimum Gasteiger partial charge on any atom is -0.357 e. The van der Waals surface area contributed by atoms with Crippen molar-refractivity contribution in [1.29, 1.82) is 0 Å².